The Labute approximate surface area is 118 Å². The summed E-state index contributed by atoms with van der Waals surface area (Å²) in [6.45, 7) is 0. The van der Waals surface area contributed by atoms with Crippen LogP contribution in [0.3, 0.4) is 0 Å². The van der Waals surface area contributed by atoms with E-state index >= 15 is 0 Å². The predicted molar refractivity (Wildman–Crippen MR) is 72.8 cm³/mol. The third kappa shape index (κ3) is 2.10. The van der Waals surface area contributed by atoms with Crippen molar-refractivity contribution >= 4 is 28.9 Å². The van der Waals surface area contributed by atoms with Crippen LogP contribution in [0.25, 0.3) is 0 Å². The van der Waals surface area contributed by atoms with Gasteiger partial charge in [-0.05, 0) is 24.3 Å². The topological polar surface area (TPSA) is 41.1 Å². The van der Waals surface area contributed by atoms with Gasteiger partial charge in [-0.1, -0.05) is 23.7 Å². The Bertz CT molecular complexity index is 706. The minimum atomic E-state index is -0.779. The maximum atomic E-state index is 13.8. The number of amides is 1. The highest BCUT2D eigenvalue weighted by Crippen LogP contribution is 2.35. The third-order valence-corrected chi connectivity index (χ3v) is 3.39. The van der Waals surface area contributed by atoms with E-state index in [1.54, 1.807) is 6.07 Å². The molecule has 0 aliphatic carbocycles. The summed E-state index contributed by atoms with van der Waals surface area (Å²) in [4.78, 5) is 11.9. The number of fused-ring (bicyclic) bond motifs is 1. The summed E-state index contributed by atoms with van der Waals surface area (Å²) >= 11 is 5.69. The number of carbonyl (C=O) groups is 1. The van der Waals surface area contributed by atoms with Crippen LogP contribution < -0.4 is 10.6 Å². The molecule has 0 saturated heterocycles. The molecule has 2 N–H and O–H groups in total. The van der Waals surface area contributed by atoms with Crippen LogP contribution in [0, 0.1) is 11.6 Å². The molecule has 0 aromatic heterocycles. The Kier molecular flexibility index (Phi) is 3.06. The van der Waals surface area contributed by atoms with Crippen molar-refractivity contribution < 1.29 is 13.6 Å². The van der Waals surface area contributed by atoms with Gasteiger partial charge in [-0.15, -0.1) is 0 Å². The molecule has 1 amide bonds. The van der Waals surface area contributed by atoms with Gasteiger partial charge in [0.1, 0.15) is 11.9 Å². The van der Waals surface area contributed by atoms with Crippen LogP contribution in [0.4, 0.5) is 20.2 Å². The van der Waals surface area contributed by atoms with Gasteiger partial charge in [0.2, 0.25) is 0 Å². The van der Waals surface area contributed by atoms with E-state index in [-0.39, 0.29) is 16.6 Å². The molecule has 2 aromatic rings. The van der Waals surface area contributed by atoms with Crippen molar-refractivity contribution in [1.82, 2.24) is 0 Å². The Balaban J connectivity index is 1.96. The Hall–Kier alpha value is -2.14. The van der Waals surface area contributed by atoms with Crippen LogP contribution in [0.2, 0.25) is 5.02 Å². The van der Waals surface area contributed by atoms with Gasteiger partial charge in [0, 0.05) is 11.3 Å². The molecule has 0 bridgehead atoms. The van der Waals surface area contributed by atoms with E-state index in [0.717, 1.165) is 0 Å². The van der Waals surface area contributed by atoms with E-state index in [1.807, 2.05) is 0 Å². The molecular weight excluding hydrogens is 286 g/mol. The highest BCUT2D eigenvalue weighted by molar-refractivity contribution is 6.31. The lowest BCUT2D eigenvalue weighted by atomic mass is 10.1. The molecule has 3 rings (SSSR count). The molecule has 6 heteroatoms. The predicted octanol–water partition coefficient (Wildman–Crippen LogP) is 3.72. The molecule has 1 atom stereocenters. The lowest BCUT2D eigenvalue weighted by Gasteiger charge is -2.14. The first-order chi connectivity index (χ1) is 9.56. The zero-order chi connectivity index (χ0) is 14.3. The van der Waals surface area contributed by atoms with Crippen molar-refractivity contribution in [2.75, 3.05) is 10.6 Å². The van der Waals surface area contributed by atoms with Gasteiger partial charge in [0.05, 0.1) is 10.7 Å². The van der Waals surface area contributed by atoms with Crippen molar-refractivity contribution in [3.63, 3.8) is 0 Å². The molecule has 1 heterocycles. The van der Waals surface area contributed by atoms with Crippen LogP contribution in [0.1, 0.15) is 11.6 Å². The molecule has 20 heavy (non-hydrogen) atoms. The first kappa shape index (κ1) is 12.9. The Morgan fingerprint density at radius 2 is 2.00 bits per heavy atom. The van der Waals surface area contributed by atoms with E-state index in [4.69, 9.17) is 11.6 Å². The Morgan fingerprint density at radius 1 is 1.20 bits per heavy atom. The average molecular weight is 295 g/mol. The summed E-state index contributed by atoms with van der Waals surface area (Å²) in [7, 11) is 0. The fourth-order valence-corrected chi connectivity index (χ4v) is 2.32. The van der Waals surface area contributed by atoms with E-state index in [0.29, 0.717) is 11.3 Å². The van der Waals surface area contributed by atoms with E-state index < -0.39 is 17.7 Å². The maximum Gasteiger partial charge on any atom is 0.251 e. The fourth-order valence-electron chi connectivity index (χ4n) is 2.15. The lowest BCUT2D eigenvalue weighted by molar-refractivity contribution is -0.116. The second-order valence-electron chi connectivity index (χ2n) is 4.40. The highest BCUT2D eigenvalue weighted by atomic mass is 35.5. The van der Waals surface area contributed by atoms with Gasteiger partial charge in [0.25, 0.3) is 5.91 Å². The van der Waals surface area contributed by atoms with Gasteiger partial charge in [-0.3, -0.25) is 4.79 Å². The van der Waals surface area contributed by atoms with Gasteiger partial charge >= 0.3 is 0 Å². The quantitative estimate of drug-likeness (QED) is 0.886. The van der Waals surface area contributed by atoms with Crippen LogP contribution in [-0.4, -0.2) is 5.91 Å². The van der Waals surface area contributed by atoms with Gasteiger partial charge in [-0.2, -0.15) is 0 Å². The first-order valence-corrected chi connectivity index (χ1v) is 6.25. The number of carbonyl (C=O) groups excluding carboxylic acids is 1. The van der Waals surface area contributed by atoms with E-state index in [1.165, 1.54) is 30.3 Å². The van der Waals surface area contributed by atoms with Crippen LogP contribution in [0.15, 0.2) is 36.4 Å². The SMILES string of the molecule is O=C1Nc2cc(F)ccc2C1Nc1cccc(Cl)c1F. The van der Waals surface area contributed by atoms with Crippen molar-refractivity contribution in [2.45, 2.75) is 6.04 Å². The number of hydrogen-bond acceptors (Lipinski definition) is 2. The van der Waals surface area contributed by atoms with Crippen molar-refractivity contribution in [3.05, 3.63) is 58.6 Å². The minimum Gasteiger partial charge on any atom is -0.368 e. The molecule has 0 radical (unpaired) electrons. The second kappa shape index (κ2) is 4.76. The molecule has 102 valence electrons. The van der Waals surface area contributed by atoms with Crippen LogP contribution in [-0.2, 0) is 4.79 Å². The molecule has 0 fully saturated rings. The number of hydrogen-bond donors (Lipinski definition) is 2. The monoisotopic (exact) mass is 294 g/mol. The number of anilines is 2. The van der Waals surface area contributed by atoms with Gasteiger partial charge < -0.3 is 10.6 Å². The van der Waals surface area contributed by atoms with Gasteiger partial charge in [0.15, 0.2) is 5.82 Å². The summed E-state index contributed by atoms with van der Waals surface area (Å²) in [5.74, 6) is -1.44. The molecule has 0 spiro atoms. The zero-order valence-corrected chi connectivity index (χ0v) is 10.8. The smallest absolute Gasteiger partial charge is 0.251 e. The molecule has 1 unspecified atom stereocenters. The zero-order valence-electron chi connectivity index (χ0n) is 10.1. The largest absolute Gasteiger partial charge is 0.368 e. The van der Waals surface area contributed by atoms with E-state index in [9.17, 15) is 13.6 Å². The first-order valence-electron chi connectivity index (χ1n) is 5.87. The lowest BCUT2D eigenvalue weighted by Crippen LogP contribution is -2.20. The summed E-state index contributed by atoms with van der Waals surface area (Å²) in [5, 5.41) is 5.29. The number of rotatable bonds is 2. The van der Waals surface area contributed by atoms with Gasteiger partial charge in [-0.25, -0.2) is 8.78 Å². The van der Waals surface area contributed by atoms with E-state index in [2.05, 4.69) is 10.6 Å². The molecule has 2 aromatic carbocycles. The summed E-state index contributed by atoms with van der Waals surface area (Å²) in [5.41, 5.74) is 1.07. The van der Waals surface area contributed by atoms with Crippen molar-refractivity contribution in [3.8, 4) is 0 Å². The number of halogens is 3. The summed E-state index contributed by atoms with van der Waals surface area (Å²) < 4.78 is 26.9. The summed E-state index contributed by atoms with van der Waals surface area (Å²) in [6, 6.07) is 7.66. The molecular formula is C14H9ClF2N2O. The number of nitrogens with one attached hydrogen (secondary N) is 2. The second-order valence-corrected chi connectivity index (χ2v) is 4.81. The normalized spacial score (nSPS) is 16.8. The summed E-state index contributed by atoms with van der Waals surface area (Å²) in [6.07, 6.45) is 0. The van der Waals surface area contributed by atoms with Crippen LogP contribution >= 0.6 is 11.6 Å². The fraction of sp³-hybridized carbons (Fsp3) is 0.0714. The molecule has 3 nitrogen and oxygen atoms in total. The molecule has 0 saturated carbocycles. The third-order valence-electron chi connectivity index (χ3n) is 3.10. The van der Waals surface area contributed by atoms with Crippen molar-refractivity contribution in [2.24, 2.45) is 0 Å². The van der Waals surface area contributed by atoms with Crippen LogP contribution in [0.5, 0.6) is 0 Å². The number of benzene rings is 2. The maximum absolute atomic E-state index is 13.8. The molecule has 1 aliphatic rings. The standard InChI is InChI=1S/C14H9ClF2N2O/c15-9-2-1-3-10(12(9)17)18-13-8-5-4-7(16)6-11(8)19-14(13)20/h1-6,13,18H,(H,19,20). The molecule has 1 aliphatic heterocycles. The average Bonchev–Trinajstić information content (AvgIpc) is 2.70. The van der Waals surface area contributed by atoms with Crippen molar-refractivity contribution in [1.29, 1.82) is 0 Å². The Morgan fingerprint density at radius 3 is 2.80 bits per heavy atom. The highest BCUT2D eigenvalue weighted by Gasteiger charge is 2.31. The minimum absolute atomic E-state index is 0.0345.